The number of anilines is 1. The number of benzene rings is 1. The minimum absolute atomic E-state index is 0.310. The van der Waals surface area contributed by atoms with Crippen molar-refractivity contribution in [2.24, 2.45) is 0 Å². The van der Waals surface area contributed by atoms with Crippen molar-refractivity contribution in [2.45, 2.75) is 27.2 Å². The number of rotatable bonds is 7. The molecular formula is C20H23N3O3S. The minimum Gasteiger partial charge on any atom is -0.496 e. The number of hydrogen-bond acceptors (Lipinski definition) is 7. The van der Waals surface area contributed by atoms with Gasteiger partial charge in [-0.15, -0.1) is 11.3 Å². The van der Waals surface area contributed by atoms with Crippen LogP contribution >= 0.6 is 11.3 Å². The molecule has 0 aliphatic carbocycles. The first-order valence-corrected chi connectivity index (χ1v) is 9.67. The monoisotopic (exact) mass is 385 g/mol. The molecule has 1 aromatic carbocycles. The van der Waals surface area contributed by atoms with Gasteiger partial charge in [-0.05, 0) is 44.4 Å². The van der Waals surface area contributed by atoms with Crippen LogP contribution in [0.15, 0.2) is 24.3 Å². The van der Waals surface area contributed by atoms with Gasteiger partial charge in [0, 0.05) is 6.54 Å². The highest BCUT2D eigenvalue weighted by atomic mass is 32.1. The van der Waals surface area contributed by atoms with Crippen molar-refractivity contribution in [3.8, 4) is 5.75 Å². The molecule has 0 spiro atoms. The van der Waals surface area contributed by atoms with Gasteiger partial charge in [0.1, 0.15) is 27.1 Å². The molecule has 0 radical (unpaired) electrons. The molecule has 0 bridgehead atoms. The summed E-state index contributed by atoms with van der Waals surface area (Å²) in [6.07, 6.45) is 0.794. The van der Waals surface area contributed by atoms with Gasteiger partial charge >= 0.3 is 5.97 Å². The number of thiophene rings is 1. The number of esters is 1. The summed E-state index contributed by atoms with van der Waals surface area (Å²) in [5, 5.41) is 4.28. The van der Waals surface area contributed by atoms with Gasteiger partial charge in [0.15, 0.2) is 0 Å². The normalized spacial score (nSPS) is 10.8. The molecule has 0 saturated carbocycles. The van der Waals surface area contributed by atoms with Crippen LogP contribution in [0.4, 0.5) is 5.82 Å². The standard InChI is InChI=1S/C20H23N3O3S/c1-5-26-20(24)17-12(2)16-18(22-13(3)23-19(16)27-17)21-11-10-14-8-6-7-9-15(14)25-4/h6-9H,5,10-11H2,1-4H3,(H,21,22,23). The average Bonchev–Trinajstić information content (AvgIpc) is 2.98. The van der Waals surface area contributed by atoms with Crippen LogP contribution in [-0.4, -0.2) is 36.2 Å². The van der Waals surface area contributed by atoms with Crippen molar-refractivity contribution < 1.29 is 14.3 Å². The fourth-order valence-corrected chi connectivity index (χ4v) is 4.11. The second-order valence-corrected chi connectivity index (χ2v) is 7.06. The number of methoxy groups -OCH3 is 1. The van der Waals surface area contributed by atoms with Gasteiger partial charge in [0.25, 0.3) is 0 Å². The number of ether oxygens (including phenoxy) is 2. The molecule has 0 atom stereocenters. The number of carbonyl (C=O) groups is 1. The topological polar surface area (TPSA) is 73.3 Å². The first-order chi connectivity index (χ1) is 13.0. The lowest BCUT2D eigenvalue weighted by atomic mass is 10.1. The number of aryl methyl sites for hydroxylation is 2. The van der Waals surface area contributed by atoms with E-state index in [2.05, 4.69) is 21.4 Å². The third-order valence-corrected chi connectivity index (χ3v) is 5.41. The number of carbonyl (C=O) groups excluding carboxylic acids is 1. The molecule has 7 heteroatoms. The Labute approximate surface area is 162 Å². The Kier molecular flexibility index (Phi) is 5.91. The van der Waals surface area contributed by atoms with Gasteiger partial charge in [-0.2, -0.15) is 0 Å². The molecule has 2 heterocycles. The molecule has 27 heavy (non-hydrogen) atoms. The van der Waals surface area contributed by atoms with Crippen molar-refractivity contribution in [1.29, 1.82) is 0 Å². The van der Waals surface area contributed by atoms with E-state index in [0.717, 1.165) is 39.3 Å². The highest BCUT2D eigenvalue weighted by molar-refractivity contribution is 7.20. The third-order valence-electron chi connectivity index (χ3n) is 4.24. The number of fused-ring (bicyclic) bond motifs is 1. The summed E-state index contributed by atoms with van der Waals surface area (Å²) in [4.78, 5) is 22.6. The summed E-state index contributed by atoms with van der Waals surface area (Å²) in [5.41, 5.74) is 1.98. The lowest BCUT2D eigenvalue weighted by Gasteiger charge is -2.11. The van der Waals surface area contributed by atoms with E-state index in [1.807, 2.05) is 32.0 Å². The van der Waals surface area contributed by atoms with Crippen LogP contribution in [0.5, 0.6) is 5.75 Å². The molecule has 0 saturated heterocycles. The molecule has 0 fully saturated rings. The summed E-state index contributed by atoms with van der Waals surface area (Å²) >= 11 is 1.35. The maximum atomic E-state index is 12.2. The van der Waals surface area contributed by atoms with Gasteiger partial charge < -0.3 is 14.8 Å². The second kappa shape index (κ2) is 8.35. The Balaban J connectivity index is 1.86. The Morgan fingerprint density at radius 2 is 2.00 bits per heavy atom. The van der Waals surface area contributed by atoms with E-state index in [1.54, 1.807) is 14.0 Å². The van der Waals surface area contributed by atoms with Crippen molar-refractivity contribution in [1.82, 2.24) is 9.97 Å². The average molecular weight is 385 g/mol. The summed E-state index contributed by atoms with van der Waals surface area (Å²) in [7, 11) is 1.68. The van der Waals surface area contributed by atoms with Crippen LogP contribution in [0.25, 0.3) is 10.2 Å². The lowest BCUT2D eigenvalue weighted by Crippen LogP contribution is -2.09. The van der Waals surface area contributed by atoms with Gasteiger partial charge in [0.05, 0.1) is 19.1 Å². The Hall–Kier alpha value is -2.67. The Morgan fingerprint density at radius 1 is 1.22 bits per heavy atom. The highest BCUT2D eigenvalue weighted by Crippen LogP contribution is 2.34. The molecule has 0 unspecified atom stereocenters. The van der Waals surface area contributed by atoms with Crippen LogP contribution < -0.4 is 10.1 Å². The number of para-hydroxylation sites is 1. The first kappa shape index (κ1) is 19.1. The largest absolute Gasteiger partial charge is 0.496 e. The van der Waals surface area contributed by atoms with Crippen molar-refractivity contribution in [3.63, 3.8) is 0 Å². The van der Waals surface area contributed by atoms with E-state index in [-0.39, 0.29) is 5.97 Å². The quantitative estimate of drug-likeness (QED) is 0.616. The minimum atomic E-state index is -0.310. The molecule has 142 valence electrons. The van der Waals surface area contributed by atoms with Crippen molar-refractivity contribution in [2.75, 3.05) is 25.6 Å². The first-order valence-electron chi connectivity index (χ1n) is 8.85. The smallest absolute Gasteiger partial charge is 0.348 e. The van der Waals surface area contributed by atoms with E-state index in [1.165, 1.54) is 11.3 Å². The third kappa shape index (κ3) is 4.03. The summed E-state index contributed by atoms with van der Waals surface area (Å²) in [6.45, 7) is 6.60. The molecule has 2 aromatic heterocycles. The lowest BCUT2D eigenvalue weighted by molar-refractivity contribution is 0.0531. The molecule has 0 amide bonds. The van der Waals surface area contributed by atoms with Crippen molar-refractivity contribution in [3.05, 3.63) is 46.1 Å². The van der Waals surface area contributed by atoms with Crippen LogP contribution in [0.1, 0.15) is 33.5 Å². The van der Waals surface area contributed by atoms with E-state index < -0.39 is 0 Å². The SMILES string of the molecule is CCOC(=O)c1sc2nc(C)nc(NCCc3ccccc3OC)c2c1C. The van der Waals surface area contributed by atoms with Gasteiger partial charge in [-0.1, -0.05) is 18.2 Å². The highest BCUT2D eigenvalue weighted by Gasteiger charge is 2.20. The second-order valence-electron chi connectivity index (χ2n) is 6.06. The molecule has 3 rings (SSSR count). The zero-order chi connectivity index (χ0) is 19.4. The zero-order valence-corrected chi connectivity index (χ0v) is 16.8. The molecular weight excluding hydrogens is 362 g/mol. The van der Waals surface area contributed by atoms with E-state index in [9.17, 15) is 4.79 Å². The zero-order valence-electron chi connectivity index (χ0n) is 16.0. The predicted octanol–water partition coefficient (Wildman–Crippen LogP) is 4.15. The molecule has 1 N–H and O–H groups in total. The van der Waals surface area contributed by atoms with Crippen molar-refractivity contribution >= 4 is 33.3 Å². The molecule has 6 nitrogen and oxygen atoms in total. The molecule has 0 aliphatic heterocycles. The molecule has 3 aromatic rings. The summed E-state index contributed by atoms with van der Waals surface area (Å²) < 4.78 is 10.6. The van der Waals surface area contributed by atoms with Gasteiger partial charge in [-0.25, -0.2) is 14.8 Å². The van der Waals surface area contributed by atoms with Crippen LogP contribution in [0.2, 0.25) is 0 Å². The molecule has 0 aliphatic rings. The number of hydrogen-bond donors (Lipinski definition) is 1. The number of aromatic nitrogens is 2. The Bertz CT molecular complexity index is 969. The maximum Gasteiger partial charge on any atom is 0.348 e. The number of nitrogens with zero attached hydrogens (tertiary/aromatic N) is 2. The maximum absolute atomic E-state index is 12.2. The summed E-state index contributed by atoms with van der Waals surface area (Å²) in [5.74, 6) is 1.98. The van der Waals surface area contributed by atoms with Crippen LogP contribution in [0.3, 0.4) is 0 Å². The number of nitrogens with one attached hydrogen (secondary N) is 1. The van der Waals surface area contributed by atoms with Crippen LogP contribution in [-0.2, 0) is 11.2 Å². The predicted molar refractivity (Wildman–Crippen MR) is 108 cm³/mol. The Morgan fingerprint density at radius 3 is 2.74 bits per heavy atom. The fourth-order valence-electron chi connectivity index (χ4n) is 2.99. The van der Waals surface area contributed by atoms with Gasteiger partial charge in [-0.3, -0.25) is 0 Å². The van der Waals surface area contributed by atoms with Gasteiger partial charge in [0.2, 0.25) is 0 Å². The fraction of sp³-hybridized carbons (Fsp3) is 0.350. The van der Waals surface area contributed by atoms with E-state index in [0.29, 0.717) is 23.9 Å². The van der Waals surface area contributed by atoms with E-state index in [4.69, 9.17) is 9.47 Å². The summed E-state index contributed by atoms with van der Waals surface area (Å²) in [6, 6.07) is 7.96. The van der Waals surface area contributed by atoms with Crippen LogP contribution in [0, 0.1) is 13.8 Å². The van der Waals surface area contributed by atoms with E-state index >= 15 is 0 Å².